The van der Waals surface area contributed by atoms with E-state index >= 15 is 0 Å². The van der Waals surface area contributed by atoms with Crippen LogP contribution in [0.2, 0.25) is 0 Å². The minimum Gasteiger partial charge on any atom is -0.481 e. The highest BCUT2D eigenvalue weighted by atomic mass is 32.1. The van der Waals surface area contributed by atoms with E-state index < -0.39 is 11.9 Å². The van der Waals surface area contributed by atoms with Gasteiger partial charge < -0.3 is 20.8 Å². The number of hydrogen-bond acceptors (Lipinski definition) is 4. The lowest BCUT2D eigenvalue weighted by Gasteiger charge is -2.03. The van der Waals surface area contributed by atoms with Gasteiger partial charge in [0.15, 0.2) is 0 Å². The van der Waals surface area contributed by atoms with Gasteiger partial charge in [-0.05, 0) is 0 Å². The molecule has 0 aliphatic rings. The lowest BCUT2D eigenvalue weighted by atomic mass is 10.3. The summed E-state index contributed by atoms with van der Waals surface area (Å²) in [6.45, 7) is 1.42. The third-order valence-electron chi connectivity index (χ3n) is 1.23. The van der Waals surface area contributed by atoms with Crippen molar-refractivity contribution in [1.82, 2.24) is 10.6 Å². The minimum absolute atomic E-state index is 0.296. The highest BCUT2D eigenvalue weighted by Gasteiger charge is 2.00. The van der Waals surface area contributed by atoms with Gasteiger partial charge in [-0.15, -0.1) is 25.3 Å². The molecule has 0 amide bonds. The van der Waals surface area contributed by atoms with Crippen LogP contribution in [0, 0.1) is 0 Å². The SMILES string of the molecule is O=C(O)CCC(=O)O.S=C(S)NCCNC(=S)S. The van der Waals surface area contributed by atoms with Gasteiger partial charge in [0.25, 0.3) is 0 Å². The fraction of sp³-hybridized carbons (Fsp3) is 0.500. The Kier molecular flexibility index (Phi) is 14.1. The number of rotatable bonds is 6. The number of thiol groups is 2. The molecule has 0 aliphatic carbocycles. The summed E-state index contributed by atoms with van der Waals surface area (Å²) in [5.41, 5.74) is 0. The van der Waals surface area contributed by atoms with Crippen LogP contribution in [0.1, 0.15) is 12.8 Å². The Balaban J connectivity index is 0. The quantitative estimate of drug-likeness (QED) is 0.238. The molecule has 0 spiro atoms. The van der Waals surface area contributed by atoms with Crippen LogP contribution in [-0.4, -0.2) is 43.9 Å². The van der Waals surface area contributed by atoms with Crippen LogP contribution in [0.15, 0.2) is 0 Å². The molecule has 0 heterocycles. The summed E-state index contributed by atoms with van der Waals surface area (Å²) in [4.78, 5) is 19.3. The molecule has 0 aromatic rings. The number of thiocarbonyl (C=S) groups is 2. The van der Waals surface area contributed by atoms with E-state index in [-0.39, 0.29) is 12.8 Å². The highest BCUT2D eigenvalue weighted by Crippen LogP contribution is 1.86. The van der Waals surface area contributed by atoms with Gasteiger partial charge in [0, 0.05) is 13.1 Å². The Morgan fingerprint density at radius 1 is 0.889 bits per heavy atom. The maximum absolute atomic E-state index is 9.64. The average molecular weight is 330 g/mol. The van der Waals surface area contributed by atoms with E-state index in [1.807, 2.05) is 0 Å². The van der Waals surface area contributed by atoms with Gasteiger partial charge >= 0.3 is 11.9 Å². The largest absolute Gasteiger partial charge is 0.481 e. The molecule has 0 saturated heterocycles. The zero-order valence-corrected chi connectivity index (χ0v) is 12.7. The first-order chi connectivity index (χ1) is 8.25. The van der Waals surface area contributed by atoms with Gasteiger partial charge in [-0.25, -0.2) is 0 Å². The van der Waals surface area contributed by atoms with E-state index in [1.165, 1.54) is 0 Å². The topological polar surface area (TPSA) is 98.7 Å². The van der Waals surface area contributed by atoms with E-state index in [1.54, 1.807) is 0 Å². The van der Waals surface area contributed by atoms with Gasteiger partial charge in [0.2, 0.25) is 0 Å². The summed E-state index contributed by atoms with van der Waals surface area (Å²) in [5, 5.41) is 21.5. The molecule has 0 aliphatic heterocycles. The second kappa shape index (κ2) is 12.9. The number of carboxylic acids is 2. The van der Waals surface area contributed by atoms with Crippen LogP contribution in [0.25, 0.3) is 0 Å². The van der Waals surface area contributed by atoms with E-state index in [4.69, 9.17) is 10.2 Å². The fourth-order valence-electron chi connectivity index (χ4n) is 0.553. The molecule has 0 rings (SSSR count). The number of carbonyl (C=O) groups is 2. The van der Waals surface area contributed by atoms with Crippen molar-refractivity contribution in [3.63, 3.8) is 0 Å². The Labute approximate surface area is 126 Å². The van der Waals surface area contributed by atoms with Gasteiger partial charge in [-0.2, -0.15) is 0 Å². The van der Waals surface area contributed by atoms with Crippen LogP contribution in [0.3, 0.4) is 0 Å². The predicted molar refractivity (Wildman–Crippen MR) is 83.7 cm³/mol. The zero-order valence-electron chi connectivity index (χ0n) is 9.25. The van der Waals surface area contributed by atoms with Gasteiger partial charge in [0.05, 0.1) is 12.8 Å². The van der Waals surface area contributed by atoms with Crippen molar-refractivity contribution >= 4 is 70.3 Å². The van der Waals surface area contributed by atoms with E-state index in [0.717, 1.165) is 0 Å². The first-order valence-corrected chi connectivity index (χ1v) is 6.34. The van der Waals surface area contributed by atoms with E-state index in [9.17, 15) is 9.59 Å². The lowest BCUT2D eigenvalue weighted by Crippen LogP contribution is -2.29. The highest BCUT2D eigenvalue weighted by molar-refractivity contribution is 8.11. The predicted octanol–water partition coefficient (Wildman–Crippen LogP) is 0.531. The first kappa shape index (κ1) is 19.8. The third kappa shape index (κ3) is 24.6. The van der Waals surface area contributed by atoms with Crippen LogP contribution < -0.4 is 10.6 Å². The van der Waals surface area contributed by atoms with Gasteiger partial charge in [-0.3, -0.25) is 9.59 Å². The van der Waals surface area contributed by atoms with Crippen molar-refractivity contribution in [2.45, 2.75) is 12.8 Å². The van der Waals surface area contributed by atoms with Crippen molar-refractivity contribution in [1.29, 1.82) is 0 Å². The summed E-state index contributed by atoms with van der Waals surface area (Å²) in [6, 6.07) is 0. The first-order valence-electron chi connectivity index (χ1n) is 4.63. The molecule has 18 heavy (non-hydrogen) atoms. The minimum atomic E-state index is -1.08. The molecular weight excluding hydrogens is 316 g/mol. The van der Waals surface area contributed by atoms with Gasteiger partial charge in [-0.1, -0.05) is 24.4 Å². The number of carboxylic acid groups (broad SMARTS) is 2. The maximum atomic E-state index is 9.64. The van der Waals surface area contributed by atoms with Crippen molar-refractivity contribution in [3.8, 4) is 0 Å². The van der Waals surface area contributed by atoms with Crippen LogP contribution in [0.4, 0.5) is 0 Å². The molecule has 0 unspecified atom stereocenters. The monoisotopic (exact) mass is 330 g/mol. The van der Waals surface area contributed by atoms with Crippen molar-refractivity contribution in [2.75, 3.05) is 13.1 Å². The lowest BCUT2D eigenvalue weighted by molar-refractivity contribution is -0.143. The molecule has 6 nitrogen and oxygen atoms in total. The standard InChI is InChI=1S/C4H8N2S4.C4H6O4/c7-3(8)5-1-2-6-4(9)10;5-3(6)1-2-4(7)8/h1-2H2,(H2,5,7,8)(H2,6,9,10);1-2H2,(H,5,6)(H,7,8). The van der Waals surface area contributed by atoms with Crippen molar-refractivity contribution in [3.05, 3.63) is 0 Å². The Bertz CT molecular complexity index is 281. The van der Waals surface area contributed by atoms with Gasteiger partial charge in [0.1, 0.15) is 8.64 Å². The smallest absolute Gasteiger partial charge is 0.303 e. The molecule has 10 heteroatoms. The molecule has 104 valence electrons. The number of nitrogens with one attached hydrogen (secondary N) is 2. The summed E-state index contributed by atoms with van der Waals surface area (Å²) < 4.78 is 0.985. The number of hydrogen-bond donors (Lipinski definition) is 6. The summed E-state index contributed by atoms with van der Waals surface area (Å²) >= 11 is 17.0. The Morgan fingerprint density at radius 2 is 1.17 bits per heavy atom. The normalized spacial score (nSPS) is 8.56. The molecule has 0 aromatic heterocycles. The van der Waals surface area contributed by atoms with E-state index in [0.29, 0.717) is 21.7 Å². The second-order valence-corrected chi connectivity index (χ2v) is 5.07. The number of aliphatic carboxylic acids is 2. The maximum Gasteiger partial charge on any atom is 0.303 e. The van der Waals surface area contributed by atoms with Crippen LogP contribution in [0.5, 0.6) is 0 Å². The van der Waals surface area contributed by atoms with Crippen molar-refractivity contribution < 1.29 is 19.8 Å². The molecule has 0 radical (unpaired) electrons. The molecule has 4 N–H and O–H groups in total. The Morgan fingerprint density at radius 3 is 1.33 bits per heavy atom. The Hall–Kier alpha value is -0.580. The molecule has 0 aromatic carbocycles. The van der Waals surface area contributed by atoms with Crippen LogP contribution >= 0.6 is 49.7 Å². The molecule has 0 bridgehead atoms. The second-order valence-electron chi connectivity index (χ2n) is 2.75. The molecular formula is C8H14N2O4S4. The average Bonchev–Trinajstić information content (AvgIpc) is 2.22. The zero-order chi connectivity index (χ0) is 14.6. The third-order valence-corrected chi connectivity index (χ3v) is 1.84. The van der Waals surface area contributed by atoms with Crippen molar-refractivity contribution in [2.24, 2.45) is 0 Å². The molecule has 0 saturated carbocycles. The summed E-state index contributed by atoms with van der Waals surface area (Å²) in [6.07, 6.45) is -0.593. The summed E-state index contributed by atoms with van der Waals surface area (Å²) in [7, 11) is 0. The molecule has 0 atom stereocenters. The molecule has 0 fully saturated rings. The van der Waals surface area contributed by atoms with Crippen LogP contribution in [-0.2, 0) is 9.59 Å². The van der Waals surface area contributed by atoms with E-state index in [2.05, 4.69) is 60.3 Å². The summed E-state index contributed by atoms with van der Waals surface area (Å²) in [5.74, 6) is -2.15. The fourth-order valence-corrected chi connectivity index (χ4v) is 0.980.